The monoisotopic (exact) mass is 293 g/mol. The van der Waals surface area contributed by atoms with E-state index >= 15 is 0 Å². The number of aryl methyl sites for hydroxylation is 2. The van der Waals surface area contributed by atoms with Gasteiger partial charge in [0.25, 0.3) is 0 Å². The molecule has 0 saturated carbocycles. The Bertz CT molecular complexity index is 853. The van der Waals surface area contributed by atoms with Gasteiger partial charge in [0.2, 0.25) is 0 Å². The van der Waals surface area contributed by atoms with Crippen molar-refractivity contribution in [2.45, 2.75) is 13.8 Å². The normalized spacial score (nSPS) is 10.6. The smallest absolute Gasteiger partial charge is 0.358 e. The van der Waals surface area contributed by atoms with Gasteiger partial charge in [0.15, 0.2) is 5.69 Å². The van der Waals surface area contributed by atoms with Gasteiger partial charge in [-0.1, -0.05) is 41.6 Å². The van der Waals surface area contributed by atoms with Gasteiger partial charge in [-0.15, -0.1) is 5.10 Å². The van der Waals surface area contributed by atoms with Crippen molar-refractivity contribution in [1.29, 1.82) is 0 Å². The largest absolute Gasteiger partial charge is 0.476 e. The number of rotatable bonds is 3. The highest BCUT2D eigenvalue weighted by molar-refractivity contribution is 5.93. The Morgan fingerprint density at radius 2 is 1.86 bits per heavy atom. The molecule has 5 nitrogen and oxygen atoms in total. The van der Waals surface area contributed by atoms with Crippen LogP contribution in [0, 0.1) is 13.8 Å². The van der Waals surface area contributed by atoms with E-state index in [-0.39, 0.29) is 5.69 Å². The van der Waals surface area contributed by atoms with Crippen LogP contribution in [0.2, 0.25) is 0 Å². The Hall–Kier alpha value is -2.95. The van der Waals surface area contributed by atoms with E-state index in [4.69, 9.17) is 0 Å². The summed E-state index contributed by atoms with van der Waals surface area (Å²) >= 11 is 0. The highest BCUT2D eigenvalue weighted by Crippen LogP contribution is 2.28. The van der Waals surface area contributed by atoms with Gasteiger partial charge in [-0.05, 0) is 37.1 Å². The number of aromatic carboxylic acids is 1. The third-order valence-corrected chi connectivity index (χ3v) is 3.52. The summed E-state index contributed by atoms with van der Waals surface area (Å²) in [6, 6.07) is 15.3. The number of nitrogens with zero attached hydrogens (tertiary/aromatic N) is 3. The van der Waals surface area contributed by atoms with Gasteiger partial charge >= 0.3 is 5.97 Å². The molecule has 0 aliphatic carbocycles. The second kappa shape index (κ2) is 5.44. The van der Waals surface area contributed by atoms with E-state index in [0.29, 0.717) is 5.69 Å². The molecule has 22 heavy (non-hydrogen) atoms. The summed E-state index contributed by atoms with van der Waals surface area (Å²) in [6.07, 6.45) is 0. The molecule has 1 N–H and O–H groups in total. The minimum Gasteiger partial charge on any atom is -0.476 e. The Labute approximate surface area is 127 Å². The number of hydrogen-bond acceptors (Lipinski definition) is 3. The van der Waals surface area contributed by atoms with Crippen LogP contribution in [0.1, 0.15) is 21.6 Å². The molecule has 0 fully saturated rings. The van der Waals surface area contributed by atoms with Crippen molar-refractivity contribution in [2.24, 2.45) is 0 Å². The first-order valence-corrected chi connectivity index (χ1v) is 6.90. The fourth-order valence-corrected chi connectivity index (χ4v) is 2.45. The van der Waals surface area contributed by atoms with Crippen molar-refractivity contribution < 1.29 is 9.90 Å². The van der Waals surface area contributed by atoms with Crippen LogP contribution in [0.25, 0.3) is 16.9 Å². The summed E-state index contributed by atoms with van der Waals surface area (Å²) in [5, 5.41) is 17.3. The highest BCUT2D eigenvalue weighted by atomic mass is 16.4. The van der Waals surface area contributed by atoms with E-state index in [0.717, 1.165) is 22.4 Å². The quantitative estimate of drug-likeness (QED) is 0.805. The molecule has 0 spiro atoms. The summed E-state index contributed by atoms with van der Waals surface area (Å²) in [5.41, 5.74) is 4.10. The molecule has 1 heterocycles. The predicted octanol–water partition coefficient (Wildman–Crippen LogP) is 3.25. The van der Waals surface area contributed by atoms with Gasteiger partial charge < -0.3 is 5.11 Å². The molecule has 0 aliphatic heterocycles. The summed E-state index contributed by atoms with van der Waals surface area (Å²) in [6.45, 7) is 3.92. The molecule has 0 atom stereocenters. The Balaban J connectivity index is 2.29. The van der Waals surface area contributed by atoms with Crippen molar-refractivity contribution in [3.05, 3.63) is 65.4 Å². The van der Waals surface area contributed by atoms with Crippen LogP contribution in [0.3, 0.4) is 0 Å². The molecule has 0 bridgehead atoms. The molecular formula is C17H15N3O2. The molecule has 5 heteroatoms. The number of carboxylic acids is 1. The summed E-state index contributed by atoms with van der Waals surface area (Å²) in [7, 11) is 0. The first kappa shape index (κ1) is 14.0. The fraction of sp³-hybridized carbons (Fsp3) is 0.118. The van der Waals surface area contributed by atoms with E-state index in [1.54, 1.807) is 4.68 Å². The standard InChI is InChI=1S/C17H15N3O2/c1-11-6-5-8-13(10-11)20-16(15(17(21)22)18-19-20)14-9-4-3-7-12(14)2/h3-10H,1-2H3,(H,21,22). The number of aromatic nitrogens is 3. The average Bonchev–Trinajstić information content (AvgIpc) is 2.92. The van der Waals surface area contributed by atoms with Gasteiger partial charge in [-0.2, -0.15) is 0 Å². The van der Waals surface area contributed by atoms with Crippen molar-refractivity contribution in [3.63, 3.8) is 0 Å². The molecule has 3 aromatic rings. The van der Waals surface area contributed by atoms with Crippen LogP contribution >= 0.6 is 0 Å². The summed E-state index contributed by atoms with van der Waals surface area (Å²) in [5.74, 6) is -1.09. The van der Waals surface area contributed by atoms with Crippen LogP contribution in [-0.4, -0.2) is 26.1 Å². The van der Waals surface area contributed by atoms with Crippen LogP contribution in [0.5, 0.6) is 0 Å². The average molecular weight is 293 g/mol. The second-order valence-electron chi connectivity index (χ2n) is 5.16. The molecule has 2 aromatic carbocycles. The third-order valence-electron chi connectivity index (χ3n) is 3.52. The predicted molar refractivity (Wildman–Crippen MR) is 83.2 cm³/mol. The zero-order valence-electron chi connectivity index (χ0n) is 12.3. The Kier molecular flexibility index (Phi) is 3.47. The minimum atomic E-state index is -1.09. The molecular weight excluding hydrogens is 278 g/mol. The van der Waals surface area contributed by atoms with E-state index in [1.165, 1.54) is 0 Å². The lowest BCUT2D eigenvalue weighted by molar-refractivity contribution is 0.0691. The summed E-state index contributed by atoms with van der Waals surface area (Å²) < 4.78 is 1.58. The molecule has 110 valence electrons. The molecule has 1 aromatic heterocycles. The van der Waals surface area contributed by atoms with Crippen LogP contribution in [0.15, 0.2) is 48.5 Å². The van der Waals surface area contributed by atoms with E-state index in [2.05, 4.69) is 10.3 Å². The van der Waals surface area contributed by atoms with Crippen LogP contribution < -0.4 is 0 Å². The van der Waals surface area contributed by atoms with Crippen molar-refractivity contribution in [3.8, 4) is 16.9 Å². The first-order valence-electron chi connectivity index (χ1n) is 6.90. The number of carbonyl (C=O) groups is 1. The second-order valence-corrected chi connectivity index (χ2v) is 5.16. The van der Waals surface area contributed by atoms with E-state index in [1.807, 2.05) is 62.4 Å². The molecule has 0 unspecified atom stereocenters. The lowest BCUT2D eigenvalue weighted by Gasteiger charge is -2.10. The topological polar surface area (TPSA) is 68.0 Å². The van der Waals surface area contributed by atoms with Gasteiger partial charge in [0.1, 0.15) is 5.69 Å². The van der Waals surface area contributed by atoms with Crippen molar-refractivity contribution >= 4 is 5.97 Å². The maximum absolute atomic E-state index is 11.5. The number of hydrogen-bond donors (Lipinski definition) is 1. The molecule has 0 saturated heterocycles. The van der Waals surface area contributed by atoms with Crippen molar-refractivity contribution in [2.75, 3.05) is 0 Å². The highest BCUT2D eigenvalue weighted by Gasteiger charge is 2.22. The van der Waals surface area contributed by atoms with E-state index in [9.17, 15) is 9.90 Å². The Morgan fingerprint density at radius 1 is 1.09 bits per heavy atom. The Morgan fingerprint density at radius 3 is 2.55 bits per heavy atom. The van der Waals surface area contributed by atoms with Crippen LogP contribution in [-0.2, 0) is 0 Å². The molecule has 0 amide bonds. The van der Waals surface area contributed by atoms with Gasteiger partial charge in [0.05, 0.1) is 5.69 Å². The number of benzene rings is 2. The third kappa shape index (κ3) is 2.37. The lowest BCUT2D eigenvalue weighted by atomic mass is 10.0. The minimum absolute atomic E-state index is 0.0455. The van der Waals surface area contributed by atoms with Crippen molar-refractivity contribution in [1.82, 2.24) is 15.0 Å². The van der Waals surface area contributed by atoms with Gasteiger partial charge in [-0.3, -0.25) is 0 Å². The zero-order chi connectivity index (χ0) is 15.7. The van der Waals surface area contributed by atoms with Gasteiger partial charge in [0, 0.05) is 5.56 Å². The fourth-order valence-electron chi connectivity index (χ4n) is 2.45. The zero-order valence-corrected chi connectivity index (χ0v) is 12.3. The van der Waals surface area contributed by atoms with Gasteiger partial charge in [-0.25, -0.2) is 9.48 Å². The molecule has 0 radical (unpaired) electrons. The lowest BCUT2D eigenvalue weighted by Crippen LogP contribution is -2.04. The maximum atomic E-state index is 11.5. The first-order chi connectivity index (χ1) is 10.6. The molecule has 0 aliphatic rings. The van der Waals surface area contributed by atoms with E-state index < -0.39 is 5.97 Å². The maximum Gasteiger partial charge on any atom is 0.358 e. The SMILES string of the molecule is Cc1cccc(-n2nnc(C(=O)O)c2-c2ccccc2C)c1. The number of carboxylic acid groups (broad SMARTS) is 1. The van der Waals surface area contributed by atoms with Crippen LogP contribution in [0.4, 0.5) is 0 Å². The molecule has 3 rings (SSSR count). The summed E-state index contributed by atoms with van der Waals surface area (Å²) in [4.78, 5) is 11.5.